The fraction of sp³-hybridized carbons (Fsp3) is 0.481. The lowest BCUT2D eigenvalue weighted by molar-refractivity contribution is 0.0324. The summed E-state index contributed by atoms with van der Waals surface area (Å²) >= 11 is 0. The lowest BCUT2D eigenvalue weighted by Gasteiger charge is -2.39. The second-order valence-corrected chi connectivity index (χ2v) is 9.76. The molecule has 0 radical (unpaired) electrons. The standard InChI is InChI=1S/C27H36N2O5/c1-8-20-21(10-11-22-24(20)33-13-12-32-22)34-26(31)28-29(23(9-2)27(5,6)7)25(30)19-15-17(3)14-18(4)16-19/h10-11,14-16,23H,8-9,12-13H2,1-7H3,(H,28,31). The average Bonchev–Trinajstić information content (AvgIpc) is 2.76. The number of nitrogens with one attached hydrogen (secondary N) is 1. The molecular weight excluding hydrogens is 432 g/mol. The molecule has 1 aliphatic rings. The lowest BCUT2D eigenvalue weighted by Crippen LogP contribution is -2.56. The summed E-state index contributed by atoms with van der Waals surface area (Å²) in [4.78, 5) is 26.7. The van der Waals surface area contributed by atoms with E-state index in [1.807, 2.05) is 66.7 Å². The Labute approximate surface area is 202 Å². The molecule has 2 aromatic carbocycles. The monoisotopic (exact) mass is 468 g/mol. The van der Waals surface area contributed by atoms with E-state index in [2.05, 4.69) is 5.43 Å². The van der Waals surface area contributed by atoms with E-state index in [-0.39, 0.29) is 17.4 Å². The SMILES string of the molecule is CCc1c(OC(=O)NN(C(=O)c2cc(C)cc(C)c2)C(CC)C(C)(C)C)ccc2c1OCCO2. The average molecular weight is 469 g/mol. The summed E-state index contributed by atoms with van der Waals surface area (Å²) in [6.45, 7) is 14.9. The number of carbonyl (C=O) groups is 2. The van der Waals surface area contributed by atoms with Crippen LogP contribution in [0.4, 0.5) is 4.79 Å². The molecule has 1 aliphatic heterocycles. The zero-order chi connectivity index (χ0) is 25.0. The lowest BCUT2D eigenvalue weighted by atomic mass is 9.84. The molecule has 7 nitrogen and oxygen atoms in total. The first-order chi connectivity index (χ1) is 16.0. The van der Waals surface area contributed by atoms with Gasteiger partial charge < -0.3 is 14.2 Å². The first kappa shape index (κ1) is 25.4. The number of benzene rings is 2. The van der Waals surface area contributed by atoms with Crippen LogP contribution in [0.5, 0.6) is 17.2 Å². The van der Waals surface area contributed by atoms with Gasteiger partial charge in [-0.15, -0.1) is 0 Å². The van der Waals surface area contributed by atoms with Crippen LogP contribution in [0.15, 0.2) is 30.3 Å². The third kappa shape index (κ3) is 5.64. The zero-order valence-electron chi connectivity index (χ0n) is 21.3. The van der Waals surface area contributed by atoms with E-state index in [4.69, 9.17) is 14.2 Å². The van der Waals surface area contributed by atoms with Crippen LogP contribution in [0.3, 0.4) is 0 Å². The summed E-state index contributed by atoms with van der Waals surface area (Å²) in [7, 11) is 0. The number of aryl methyl sites for hydroxylation is 2. The molecule has 0 spiro atoms. The van der Waals surface area contributed by atoms with Gasteiger partial charge in [0.25, 0.3) is 5.91 Å². The summed E-state index contributed by atoms with van der Waals surface area (Å²) < 4.78 is 17.1. The maximum atomic E-state index is 13.6. The largest absolute Gasteiger partial charge is 0.486 e. The molecule has 0 saturated heterocycles. The van der Waals surface area contributed by atoms with Crippen molar-refractivity contribution in [2.24, 2.45) is 5.41 Å². The molecule has 184 valence electrons. The van der Waals surface area contributed by atoms with Crippen LogP contribution in [0.25, 0.3) is 0 Å². The van der Waals surface area contributed by atoms with Crippen LogP contribution >= 0.6 is 0 Å². The zero-order valence-corrected chi connectivity index (χ0v) is 21.3. The minimum Gasteiger partial charge on any atom is -0.486 e. The van der Waals surface area contributed by atoms with Crippen molar-refractivity contribution >= 4 is 12.0 Å². The summed E-state index contributed by atoms with van der Waals surface area (Å²) in [6, 6.07) is 8.86. The molecule has 3 rings (SSSR count). The number of hydrogen-bond donors (Lipinski definition) is 1. The van der Waals surface area contributed by atoms with Crippen LogP contribution in [0, 0.1) is 19.3 Å². The number of fused-ring (bicyclic) bond motifs is 1. The van der Waals surface area contributed by atoms with E-state index in [0.717, 1.165) is 16.7 Å². The molecule has 2 amide bonds. The Morgan fingerprint density at radius 2 is 1.71 bits per heavy atom. The van der Waals surface area contributed by atoms with Gasteiger partial charge in [-0.1, -0.05) is 51.8 Å². The highest BCUT2D eigenvalue weighted by molar-refractivity contribution is 5.95. The van der Waals surface area contributed by atoms with E-state index >= 15 is 0 Å². The van der Waals surface area contributed by atoms with E-state index in [9.17, 15) is 9.59 Å². The fourth-order valence-corrected chi connectivity index (χ4v) is 4.50. The predicted octanol–water partition coefficient (Wildman–Crippen LogP) is 5.61. The Morgan fingerprint density at radius 1 is 1.06 bits per heavy atom. The summed E-state index contributed by atoms with van der Waals surface area (Å²) in [6.07, 6.45) is 0.525. The van der Waals surface area contributed by atoms with Crippen molar-refractivity contribution in [3.05, 3.63) is 52.6 Å². The maximum absolute atomic E-state index is 13.6. The van der Waals surface area contributed by atoms with Crippen LogP contribution in [-0.4, -0.2) is 36.3 Å². The number of ether oxygens (including phenoxy) is 3. The molecule has 1 heterocycles. The highest BCUT2D eigenvalue weighted by Gasteiger charge is 2.35. The third-order valence-corrected chi connectivity index (χ3v) is 5.92. The molecule has 1 unspecified atom stereocenters. The van der Waals surface area contributed by atoms with Gasteiger partial charge in [-0.2, -0.15) is 0 Å². The van der Waals surface area contributed by atoms with E-state index in [1.165, 1.54) is 5.01 Å². The summed E-state index contributed by atoms with van der Waals surface area (Å²) in [5.74, 6) is 1.35. The van der Waals surface area contributed by atoms with Crippen LogP contribution in [0.1, 0.15) is 68.1 Å². The quantitative estimate of drug-likeness (QED) is 0.578. The highest BCUT2D eigenvalue weighted by Crippen LogP contribution is 2.39. The summed E-state index contributed by atoms with van der Waals surface area (Å²) in [5, 5.41) is 1.42. The van der Waals surface area contributed by atoms with Crippen molar-refractivity contribution in [1.29, 1.82) is 0 Å². The third-order valence-electron chi connectivity index (χ3n) is 5.92. The number of hydrogen-bond acceptors (Lipinski definition) is 5. The molecule has 1 atom stereocenters. The molecule has 0 bridgehead atoms. The number of rotatable bonds is 5. The number of amides is 2. The van der Waals surface area contributed by atoms with Gasteiger partial charge in [0.05, 0.1) is 6.04 Å². The predicted molar refractivity (Wildman–Crippen MR) is 132 cm³/mol. The van der Waals surface area contributed by atoms with Gasteiger partial charge in [-0.3, -0.25) is 4.79 Å². The molecule has 2 aromatic rings. The van der Waals surface area contributed by atoms with Crippen LogP contribution < -0.4 is 19.6 Å². The topological polar surface area (TPSA) is 77.1 Å². The summed E-state index contributed by atoms with van der Waals surface area (Å²) in [5.41, 5.74) is 5.71. The first-order valence-corrected chi connectivity index (χ1v) is 11.9. The number of carbonyl (C=O) groups excluding carboxylic acids is 2. The van der Waals surface area contributed by atoms with Gasteiger partial charge in [-0.25, -0.2) is 15.2 Å². The van der Waals surface area contributed by atoms with Crippen molar-refractivity contribution in [2.45, 2.75) is 67.3 Å². The van der Waals surface area contributed by atoms with Crippen LogP contribution in [-0.2, 0) is 6.42 Å². The number of nitrogens with zero attached hydrogens (tertiary/aromatic N) is 1. The van der Waals surface area contributed by atoms with Crippen molar-refractivity contribution < 1.29 is 23.8 Å². The minimum absolute atomic E-state index is 0.251. The first-order valence-electron chi connectivity index (χ1n) is 11.9. The molecule has 0 saturated carbocycles. The fourth-order valence-electron chi connectivity index (χ4n) is 4.50. The normalized spacial score (nSPS) is 13.7. The second-order valence-electron chi connectivity index (χ2n) is 9.76. The van der Waals surface area contributed by atoms with E-state index in [1.54, 1.807) is 12.1 Å². The van der Waals surface area contributed by atoms with Gasteiger partial charge in [0, 0.05) is 11.1 Å². The van der Waals surface area contributed by atoms with Crippen molar-refractivity contribution in [1.82, 2.24) is 10.4 Å². The van der Waals surface area contributed by atoms with Gasteiger partial charge >= 0.3 is 6.09 Å². The Bertz CT molecular complexity index is 1040. The van der Waals surface area contributed by atoms with Gasteiger partial charge in [0.1, 0.15) is 19.0 Å². The number of hydrazine groups is 1. The van der Waals surface area contributed by atoms with Crippen LogP contribution in [0.2, 0.25) is 0 Å². The van der Waals surface area contributed by atoms with Gasteiger partial charge in [0.15, 0.2) is 11.5 Å². The Morgan fingerprint density at radius 3 is 2.29 bits per heavy atom. The maximum Gasteiger partial charge on any atom is 0.431 e. The molecular formula is C27H36N2O5. The van der Waals surface area contributed by atoms with Crippen molar-refractivity contribution in [2.75, 3.05) is 13.2 Å². The van der Waals surface area contributed by atoms with Gasteiger partial charge in [-0.05, 0) is 56.4 Å². The Balaban J connectivity index is 1.90. The van der Waals surface area contributed by atoms with E-state index in [0.29, 0.717) is 48.9 Å². The highest BCUT2D eigenvalue weighted by atomic mass is 16.6. The Hall–Kier alpha value is -3.22. The Kier molecular flexibility index (Phi) is 7.75. The second kappa shape index (κ2) is 10.4. The molecule has 0 aromatic heterocycles. The van der Waals surface area contributed by atoms with Crippen molar-refractivity contribution in [3.8, 4) is 17.2 Å². The molecule has 0 fully saturated rings. The molecule has 34 heavy (non-hydrogen) atoms. The molecule has 0 aliphatic carbocycles. The van der Waals surface area contributed by atoms with E-state index < -0.39 is 6.09 Å². The molecule has 7 heteroatoms. The minimum atomic E-state index is -0.730. The molecule has 1 N–H and O–H groups in total. The smallest absolute Gasteiger partial charge is 0.431 e. The van der Waals surface area contributed by atoms with Gasteiger partial charge in [0.2, 0.25) is 0 Å². The van der Waals surface area contributed by atoms with Crippen molar-refractivity contribution in [3.63, 3.8) is 0 Å².